The highest BCUT2D eigenvalue weighted by molar-refractivity contribution is 7.58. The van der Waals surface area contributed by atoms with Crippen LogP contribution in [0.25, 0.3) is 0 Å². The standard InChI is InChI=1S/C11H14Cl2F2NO2P/c12-9-3-2-8(6-10(9)13)7-16-4-1-5-19(17,18)11(14)15/h2-3,6,11,16H,1,4-5,7H2,(H,17,18). The van der Waals surface area contributed by atoms with E-state index in [1.807, 2.05) is 0 Å². The van der Waals surface area contributed by atoms with Crippen molar-refractivity contribution in [2.24, 2.45) is 0 Å². The third-order valence-electron chi connectivity index (χ3n) is 2.45. The van der Waals surface area contributed by atoms with E-state index in [1.165, 1.54) is 0 Å². The minimum Gasteiger partial charge on any atom is -0.340 e. The molecule has 1 rings (SSSR count). The van der Waals surface area contributed by atoms with Crippen LogP contribution in [0.15, 0.2) is 18.2 Å². The number of hydrogen-bond acceptors (Lipinski definition) is 2. The molecule has 3 nitrogen and oxygen atoms in total. The second-order valence-electron chi connectivity index (χ2n) is 4.04. The van der Waals surface area contributed by atoms with E-state index in [2.05, 4.69) is 5.32 Å². The minimum atomic E-state index is -4.30. The lowest BCUT2D eigenvalue weighted by Gasteiger charge is -2.10. The fourth-order valence-electron chi connectivity index (χ4n) is 1.41. The Morgan fingerprint density at radius 1 is 1.32 bits per heavy atom. The van der Waals surface area contributed by atoms with Crippen LogP contribution in [0.3, 0.4) is 0 Å². The van der Waals surface area contributed by atoms with Gasteiger partial charge in [-0.1, -0.05) is 29.3 Å². The first-order chi connectivity index (χ1) is 8.83. The number of hydrogen-bond donors (Lipinski definition) is 2. The third kappa shape index (κ3) is 5.76. The normalized spacial score (nSPS) is 14.6. The van der Waals surface area contributed by atoms with Crippen LogP contribution in [0.4, 0.5) is 8.78 Å². The van der Waals surface area contributed by atoms with Crippen LogP contribution in [-0.2, 0) is 11.1 Å². The van der Waals surface area contributed by atoms with Gasteiger partial charge in [0.25, 0.3) is 7.37 Å². The topological polar surface area (TPSA) is 49.3 Å². The molecule has 1 atom stereocenters. The van der Waals surface area contributed by atoms with Crippen molar-refractivity contribution < 1.29 is 18.2 Å². The molecule has 0 aliphatic carbocycles. The van der Waals surface area contributed by atoms with E-state index in [-0.39, 0.29) is 12.6 Å². The summed E-state index contributed by atoms with van der Waals surface area (Å²) in [5.74, 6) is 0. The number of rotatable bonds is 7. The van der Waals surface area contributed by atoms with Gasteiger partial charge in [-0.05, 0) is 30.7 Å². The van der Waals surface area contributed by atoms with Crippen LogP contribution in [0, 0.1) is 0 Å². The molecule has 0 spiro atoms. The first-order valence-electron chi connectivity index (χ1n) is 5.57. The smallest absolute Gasteiger partial charge is 0.312 e. The Kier molecular flexibility index (Phi) is 6.71. The van der Waals surface area contributed by atoms with E-state index < -0.39 is 13.5 Å². The Balaban J connectivity index is 2.28. The molecule has 0 heterocycles. The summed E-state index contributed by atoms with van der Waals surface area (Å²) >= 11 is 11.6. The van der Waals surface area contributed by atoms with E-state index in [9.17, 15) is 13.3 Å². The molecular formula is C11H14Cl2F2NO2P. The van der Waals surface area contributed by atoms with Crippen LogP contribution in [-0.4, -0.2) is 23.8 Å². The first kappa shape index (κ1) is 16.9. The number of alkyl halides is 2. The highest BCUT2D eigenvalue weighted by Gasteiger charge is 2.29. The van der Waals surface area contributed by atoms with Crippen molar-refractivity contribution >= 4 is 30.6 Å². The summed E-state index contributed by atoms with van der Waals surface area (Å²) in [7, 11) is -4.30. The Labute approximate surface area is 120 Å². The molecule has 0 aliphatic heterocycles. The highest BCUT2D eigenvalue weighted by Crippen LogP contribution is 2.47. The van der Waals surface area contributed by atoms with Gasteiger partial charge in [-0.25, -0.2) is 0 Å². The second-order valence-corrected chi connectivity index (χ2v) is 7.20. The summed E-state index contributed by atoms with van der Waals surface area (Å²) in [6.45, 7) is 0.860. The maximum absolute atomic E-state index is 12.1. The van der Waals surface area contributed by atoms with Crippen molar-refractivity contribution in [3.05, 3.63) is 33.8 Å². The summed E-state index contributed by atoms with van der Waals surface area (Å²) < 4.78 is 35.2. The Hall–Kier alpha value is -0.190. The van der Waals surface area contributed by atoms with Gasteiger partial charge in [0.1, 0.15) is 0 Å². The molecule has 1 unspecified atom stereocenters. The van der Waals surface area contributed by atoms with Crippen molar-refractivity contribution in [3.63, 3.8) is 0 Å². The monoisotopic (exact) mass is 331 g/mol. The van der Waals surface area contributed by atoms with Crippen LogP contribution in [0.2, 0.25) is 10.0 Å². The van der Waals surface area contributed by atoms with Crippen LogP contribution >= 0.6 is 30.6 Å². The van der Waals surface area contributed by atoms with Crippen molar-refractivity contribution in [2.75, 3.05) is 12.7 Å². The molecule has 0 aromatic heterocycles. The average Bonchev–Trinajstić information content (AvgIpc) is 2.33. The molecule has 0 saturated heterocycles. The molecule has 2 N–H and O–H groups in total. The Bertz CT molecular complexity index is 474. The molecule has 0 aliphatic rings. The predicted octanol–water partition coefficient (Wildman–Crippen LogP) is 3.97. The lowest BCUT2D eigenvalue weighted by atomic mass is 10.2. The largest absolute Gasteiger partial charge is 0.340 e. The van der Waals surface area contributed by atoms with Crippen LogP contribution in [0.5, 0.6) is 0 Å². The van der Waals surface area contributed by atoms with Gasteiger partial charge in [0.15, 0.2) is 0 Å². The molecule has 1 aromatic carbocycles. The quantitative estimate of drug-likeness (QED) is 0.587. The summed E-state index contributed by atoms with van der Waals surface area (Å²) in [6.07, 6.45) is -3.35. The van der Waals surface area contributed by atoms with Gasteiger partial charge >= 0.3 is 6.17 Å². The van der Waals surface area contributed by atoms with Gasteiger partial charge in [0.2, 0.25) is 0 Å². The van der Waals surface area contributed by atoms with E-state index in [0.29, 0.717) is 23.1 Å². The minimum absolute atomic E-state index is 0.208. The van der Waals surface area contributed by atoms with E-state index >= 15 is 0 Å². The molecule has 0 amide bonds. The average molecular weight is 332 g/mol. The van der Waals surface area contributed by atoms with Gasteiger partial charge < -0.3 is 10.2 Å². The molecule has 0 bridgehead atoms. The lowest BCUT2D eigenvalue weighted by molar-refractivity contribution is 0.213. The summed E-state index contributed by atoms with van der Waals surface area (Å²) in [5.41, 5.74) is 0.899. The zero-order valence-electron chi connectivity index (χ0n) is 9.95. The van der Waals surface area contributed by atoms with E-state index in [0.717, 1.165) is 5.56 Å². The molecular weight excluding hydrogens is 318 g/mol. The lowest BCUT2D eigenvalue weighted by Crippen LogP contribution is -2.16. The third-order valence-corrected chi connectivity index (χ3v) is 4.76. The fraction of sp³-hybridized carbons (Fsp3) is 0.455. The van der Waals surface area contributed by atoms with Gasteiger partial charge in [-0.2, -0.15) is 8.78 Å². The second kappa shape index (κ2) is 7.55. The molecule has 0 saturated carbocycles. The Morgan fingerprint density at radius 2 is 2.00 bits per heavy atom. The molecule has 0 radical (unpaired) electrons. The molecule has 19 heavy (non-hydrogen) atoms. The highest BCUT2D eigenvalue weighted by atomic mass is 35.5. The number of benzene rings is 1. The van der Waals surface area contributed by atoms with E-state index in [4.69, 9.17) is 28.1 Å². The van der Waals surface area contributed by atoms with E-state index in [1.54, 1.807) is 18.2 Å². The van der Waals surface area contributed by atoms with Crippen molar-refractivity contribution in [3.8, 4) is 0 Å². The van der Waals surface area contributed by atoms with Gasteiger partial charge in [-0.15, -0.1) is 0 Å². The zero-order chi connectivity index (χ0) is 14.5. The predicted molar refractivity (Wildman–Crippen MR) is 73.5 cm³/mol. The first-order valence-corrected chi connectivity index (χ1v) is 8.24. The zero-order valence-corrected chi connectivity index (χ0v) is 12.4. The maximum Gasteiger partial charge on any atom is 0.312 e. The number of halogens is 4. The molecule has 1 aromatic rings. The summed E-state index contributed by atoms with van der Waals surface area (Å²) in [5, 5.41) is 3.89. The van der Waals surface area contributed by atoms with Crippen LogP contribution < -0.4 is 5.32 Å². The van der Waals surface area contributed by atoms with Gasteiger partial charge in [0, 0.05) is 12.7 Å². The fourth-order valence-corrected chi connectivity index (χ4v) is 2.54. The molecule has 0 fully saturated rings. The maximum atomic E-state index is 12.1. The summed E-state index contributed by atoms with van der Waals surface area (Å²) in [4.78, 5) is 8.92. The van der Waals surface area contributed by atoms with Crippen molar-refractivity contribution in [1.29, 1.82) is 0 Å². The van der Waals surface area contributed by atoms with Crippen LogP contribution in [0.1, 0.15) is 12.0 Å². The molecule has 108 valence electrons. The summed E-state index contributed by atoms with van der Waals surface area (Å²) in [6, 6.07) is 5.16. The van der Waals surface area contributed by atoms with Crippen molar-refractivity contribution in [2.45, 2.75) is 19.1 Å². The Morgan fingerprint density at radius 3 is 2.58 bits per heavy atom. The molecule has 8 heteroatoms. The van der Waals surface area contributed by atoms with Crippen molar-refractivity contribution in [1.82, 2.24) is 5.32 Å². The number of nitrogens with one attached hydrogen (secondary N) is 1. The van der Waals surface area contributed by atoms with Gasteiger partial charge in [-0.3, -0.25) is 4.57 Å². The SMILES string of the molecule is O=P(O)(CCCNCc1ccc(Cl)c(Cl)c1)C(F)F. The van der Waals surface area contributed by atoms with Gasteiger partial charge in [0.05, 0.1) is 10.0 Å².